The number of hydrogen-bond donors (Lipinski definition) is 2. The smallest absolute Gasteiger partial charge is 0.269 e. The van der Waals surface area contributed by atoms with Crippen LogP contribution >= 0.6 is 0 Å². The van der Waals surface area contributed by atoms with Crippen molar-refractivity contribution in [3.05, 3.63) is 60.2 Å². The molecule has 0 radical (unpaired) electrons. The largest absolute Gasteiger partial charge is 0.303 e. The van der Waals surface area contributed by atoms with Crippen molar-refractivity contribution >= 4 is 11.8 Å². The van der Waals surface area contributed by atoms with Gasteiger partial charge in [0.2, 0.25) is 5.91 Å². The van der Waals surface area contributed by atoms with Crippen LogP contribution in [-0.2, 0) is 4.79 Å². The number of piperidine rings is 1. The van der Waals surface area contributed by atoms with Crippen molar-refractivity contribution < 1.29 is 9.59 Å². The molecule has 5 nitrogen and oxygen atoms in total. The maximum atomic E-state index is 12.2. The Labute approximate surface area is 154 Å². The van der Waals surface area contributed by atoms with Crippen molar-refractivity contribution in [2.45, 2.75) is 25.7 Å². The molecule has 0 aromatic heterocycles. The zero-order valence-electron chi connectivity index (χ0n) is 14.9. The summed E-state index contributed by atoms with van der Waals surface area (Å²) in [5, 5.41) is 0. The van der Waals surface area contributed by atoms with Gasteiger partial charge in [0.05, 0.1) is 0 Å². The average Bonchev–Trinajstić information content (AvgIpc) is 2.72. The fourth-order valence-corrected chi connectivity index (χ4v) is 3.15. The van der Waals surface area contributed by atoms with E-state index in [1.165, 1.54) is 19.3 Å². The van der Waals surface area contributed by atoms with E-state index in [1.807, 2.05) is 42.5 Å². The molecular formula is C21H25N3O2. The van der Waals surface area contributed by atoms with Gasteiger partial charge in [0.15, 0.2) is 0 Å². The normalized spacial score (nSPS) is 14.6. The van der Waals surface area contributed by atoms with E-state index in [9.17, 15) is 9.59 Å². The summed E-state index contributed by atoms with van der Waals surface area (Å²) in [5.41, 5.74) is 7.66. The number of likely N-dealkylation sites (tertiary alicyclic amines) is 1. The van der Waals surface area contributed by atoms with Crippen LogP contribution in [0.2, 0.25) is 0 Å². The molecule has 2 N–H and O–H groups in total. The number of amides is 2. The predicted molar refractivity (Wildman–Crippen MR) is 102 cm³/mol. The van der Waals surface area contributed by atoms with Crippen LogP contribution in [0.15, 0.2) is 54.6 Å². The molecule has 3 rings (SSSR count). The Hall–Kier alpha value is -2.66. The maximum Gasteiger partial charge on any atom is 0.269 e. The number of rotatable bonds is 5. The zero-order valence-corrected chi connectivity index (χ0v) is 14.9. The molecule has 0 atom stereocenters. The highest BCUT2D eigenvalue weighted by Gasteiger charge is 2.12. The molecule has 0 spiro atoms. The molecule has 2 amide bonds. The van der Waals surface area contributed by atoms with E-state index in [0.29, 0.717) is 12.0 Å². The minimum atomic E-state index is -0.309. The summed E-state index contributed by atoms with van der Waals surface area (Å²) < 4.78 is 0. The van der Waals surface area contributed by atoms with Crippen molar-refractivity contribution in [2.24, 2.45) is 0 Å². The summed E-state index contributed by atoms with van der Waals surface area (Å²) in [7, 11) is 0. The minimum Gasteiger partial charge on any atom is -0.303 e. The molecule has 2 aromatic rings. The first-order valence-corrected chi connectivity index (χ1v) is 9.19. The van der Waals surface area contributed by atoms with Crippen LogP contribution in [0.1, 0.15) is 36.0 Å². The zero-order chi connectivity index (χ0) is 18.2. The fourth-order valence-electron chi connectivity index (χ4n) is 3.15. The number of nitrogens with one attached hydrogen (secondary N) is 2. The van der Waals surface area contributed by atoms with E-state index in [2.05, 4.69) is 15.8 Å². The van der Waals surface area contributed by atoms with Gasteiger partial charge in [-0.15, -0.1) is 0 Å². The molecule has 0 bridgehead atoms. The lowest BCUT2D eigenvalue weighted by atomic mass is 10.0. The van der Waals surface area contributed by atoms with Gasteiger partial charge in [-0.25, -0.2) is 0 Å². The first-order chi connectivity index (χ1) is 12.7. The Balaban J connectivity index is 1.45. The first kappa shape index (κ1) is 18.1. The molecule has 0 unspecified atom stereocenters. The van der Waals surface area contributed by atoms with Crippen LogP contribution in [0.3, 0.4) is 0 Å². The summed E-state index contributed by atoms with van der Waals surface area (Å²) in [5.74, 6) is -0.472. The molecular weight excluding hydrogens is 326 g/mol. The number of nitrogens with zero attached hydrogens (tertiary/aromatic N) is 1. The second-order valence-corrected chi connectivity index (χ2v) is 6.60. The van der Waals surface area contributed by atoms with Crippen LogP contribution < -0.4 is 10.9 Å². The van der Waals surface area contributed by atoms with Gasteiger partial charge in [0.25, 0.3) is 5.91 Å². The van der Waals surface area contributed by atoms with Gasteiger partial charge in [-0.05, 0) is 49.2 Å². The summed E-state index contributed by atoms with van der Waals surface area (Å²) in [6.45, 7) is 2.87. The lowest BCUT2D eigenvalue weighted by molar-refractivity contribution is -0.122. The highest BCUT2D eigenvalue weighted by Crippen LogP contribution is 2.19. The molecule has 0 saturated carbocycles. The molecule has 1 heterocycles. The van der Waals surface area contributed by atoms with Crippen molar-refractivity contribution in [1.82, 2.24) is 15.8 Å². The third-order valence-corrected chi connectivity index (χ3v) is 4.67. The van der Waals surface area contributed by atoms with Crippen LogP contribution in [0.4, 0.5) is 0 Å². The highest BCUT2D eigenvalue weighted by molar-refractivity contribution is 5.95. The van der Waals surface area contributed by atoms with E-state index in [4.69, 9.17) is 0 Å². The van der Waals surface area contributed by atoms with Crippen molar-refractivity contribution in [3.63, 3.8) is 0 Å². The summed E-state index contributed by atoms with van der Waals surface area (Å²) in [6.07, 6.45) is 4.09. The lowest BCUT2D eigenvalue weighted by Gasteiger charge is -2.25. The van der Waals surface area contributed by atoms with Gasteiger partial charge in [0, 0.05) is 18.5 Å². The molecule has 1 fully saturated rings. The maximum absolute atomic E-state index is 12.2. The third kappa shape index (κ3) is 5.17. The van der Waals surface area contributed by atoms with Crippen LogP contribution in [-0.4, -0.2) is 36.3 Å². The van der Waals surface area contributed by atoms with E-state index in [0.717, 1.165) is 30.8 Å². The topological polar surface area (TPSA) is 61.4 Å². The summed E-state index contributed by atoms with van der Waals surface area (Å²) in [6, 6.07) is 17.3. The first-order valence-electron chi connectivity index (χ1n) is 9.19. The summed E-state index contributed by atoms with van der Waals surface area (Å²) >= 11 is 0. The van der Waals surface area contributed by atoms with Crippen LogP contribution in [0.5, 0.6) is 0 Å². The van der Waals surface area contributed by atoms with Crippen molar-refractivity contribution in [2.75, 3.05) is 19.6 Å². The Morgan fingerprint density at radius 2 is 1.46 bits per heavy atom. The van der Waals surface area contributed by atoms with Gasteiger partial charge in [-0.3, -0.25) is 20.4 Å². The monoisotopic (exact) mass is 351 g/mol. The number of hydrazine groups is 1. The summed E-state index contributed by atoms with van der Waals surface area (Å²) in [4.78, 5) is 26.4. The van der Waals surface area contributed by atoms with Crippen LogP contribution in [0.25, 0.3) is 11.1 Å². The Kier molecular flexibility index (Phi) is 6.39. The SMILES string of the molecule is O=C(CCN1CCCCC1)NNC(=O)c1ccc(-c2ccccc2)cc1. The Bertz CT molecular complexity index is 723. The quantitative estimate of drug-likeness (QED) is 0.814. The fraction of sp³-hybridized carbons (Fsp3) is 0.333. The second kappa shape index (κ2) is 9.15. The van der Waals surface area contributed by atoms with Gasteiger partial charge in [-0.1, -0.05) is 48.9 Å². The van der Waals surface area contributed by atoms with Crippen molar-refractivity contribution in [1.29, 1.82) is 0 Å². The van der Waals surface area contributed by atoms with Crippen molar-refractivity contribution in [3.8, 4) is 11.1 Å². The number of hydrogen-bond acceptors (Lipinski definition) is 3. The number of carbonyl (C=O) groups excluding carboxylic acids is 2. The standard InChI is InChI=1S/C21H25N3O2/c25-20(13-16-24-14-5-2-6-15-24)22-23-21(26)19-11-9-18(10-12-19)17-7-3-1-4-8-17/h1,3-4,7-12H,2,5-6,13-16H2,(H,22,25)(H,23,26). The second-order valence-electron chi connectivity index (χ2n) is 6.60. The molecule has 136 valence electrons. The van der Waals surface area contributed by atoms with Gasteiger partial charge in [0.1, 0.15) is 0 Å². The van der Waals surface area contributed by atoms with E-state index in [1.54, 1.807) is 12.1 Å². The molecule has 26 heavy (non-hydrogen) atoms. The third-order valence-electron chi connectivity index (χ3n) is 4.67. The average molecular weight is 351 g/mol. The number of carbonyl (C=O) groups is 2. The minimum absolute atomic E-state index is 0.162. The molecule has 0 aliphatic carbocycles. The Morgan fingerprint density at radius 3 is 2.15 bits per heavy atom. The van der Waals surface area contributed by atoms with E-state index < -0.39 is 0 Å². The lowest BCUT2D eigenvalue weighted by Crippen LogP contribution is -2.43. The van der Waals surface area contributed by atoms with E-state index in [-0.39, 0.29) is 11.8 Å². The molecule has 1 saturated heterocycles. The van der Waals surface area contributed by atoms with Gasteiger partial charge < -0.3 is 4.90 Å². The molecule has 1 aliphatic heterocycles. The van der Waals surface area contributed by atoms with Gasteiger partial charge >= 0.3 is 0 Å². The highest BCUT2D eigenvalue weighted by atomic mass is 16.2. The molecule has 1 aliphatic rings. The van der Waals surface area contributed by atoms with E-state index >= 15 is 0 Å². The molecule has 5 heteroatoms. The Morgan fingerprint density at radius 1 is 0.808 bits per heavy atom. The predicted octanol–water partition coefficient (Wildman–Crippen LogP) is 2.99. The molecule has 2 aromatic carbocycles. The van der Waals surface area contributed by atoms with Gasteiger partial charge in [-0.2, -0.15) is 0 Å². The number of benzene rings is 2. The van der Waals surface area contributed by atoms with Crippen LogP contribution in [0, 0.1) is 0 Å².